The molecule has 4 rings (SSSR count). The van der Waals surface area contributed by atoms with Crippen molar-refractivity contribution in [2.45, 2.75) is 19.1 Å². The Hall–Kier alpha value is -2.59. The average Bonchev–Trinajstić information content (AvgIpc) is 3.17. The van der Waals surface area contributed by atoms with Crippen LogP contribution in [0, 0.1) is 0 Å². The highest BCUT2D eigenvalue weighted by Gasteiger charge is 2.24. The zero-order valence-corrected chi connectivity index (χ0v) is 15.4. The molecule has 1 aliphatic rings. The maximum Gasteiger partial charge on any atom is 0.120 e. The minimum atomic E-state index is 0.579. The molecule has 4 nitrogen and oxygen atoms in total. The van der Waals surface area contributed by atoms with Gasteiger partial charge in [-0.15, -0.1) is 0 Å². The number of aromatic nitrogens is 1. The third kappa shape index (κ3) is 3.65. The van der Waals surface area contributed by atoms with Gasteiger partial charge in [0.2, 0.25) is 0 Å². The number of likely N-dealkylation sites (N-methyl/N-ethyl adjacent to an activating group) is 1. The monoisotopic (exact) mass is 347 g/mol. The van der Waals surface area contributed by atoms with Crippen LogP contribution >= 0.6 is 0 Å². The molecule has 0 radical (unpaired) electrons. The second kappa shape index (κ2) is 7.34. The van der Waals surface area contributed by atoms with Gasteiger partial charge in [0.15, 0.2) is 0 Å². The Morgan fingerprint density at radius 2 is 1.96 bits per heavy atom. The Bertz CT molecular complexity index is 879. The number of hydrogen-bond acceptors (Lipinski definition) is 4. The van der Waals surface area contributed by atoms with Crippen molar-refractivity contribution in [1.82, 2.24) is 9.88 Å². The molecular formula is C22H25N3O. The molecule has 26 heavy (non-hydrogen) atoms. The van der Waals surface area contributed by atoms with Gasteiger partial charge in [0, 0.05) is 24.5 Å². The molecule has 2 aromatic carbocycles. The molecule has 3 aromatic rings. The summed E-state index contributed by atoms with van der Waals surface area (Å²) in [5.41, 5.74) is 3.37. The van der Waals surface area contributed by atoms with Crippen molar-refractivity contribution in [2.75, 3.05) is 32.1 Å². The van der Waals surface area contributed by atoms with Crippen LogP contribution in [0.4, 0.5) is 5.69 Å². The number of pyridine rings is 1. The first-order chi connectivity index (χ1) is 12.7. The number of ether oxygens (including phenoxy) is 1. The lowest BCUT2D eigenvalue weighted by Crippen LogP contribution is -2.31. The van der Waals surface area contributed by atoms with Crippen molar-refractivity contribution in [3.05, 3.63) is 66.4 Å². The van der Waals surface area contributed by atoms with Gasteiger partial charge >= 0.3 is 0 Å². The first-order valence-electron chi connectivity index (χ1n) is 9.17. The summed E-state index contributed by atoms with van der Waals surface area (Å²) in [4.78, 5) is 9.38. The fourth-order valence-electron chi connectivity index (χ4n) is 3.50. The molecular weight excluding hydrogens is 322 g/mol. The van der Waals surface area contributed by atoms with E-state index in [2.05, 4.69) is 53.1 Å². The second-order valence-corrected chi connectivity index (χ2v) is 7.17. The van der Waals surface area contributed by atoms with Crippen LogP contribution in [0.15, 0.2) is 60.8 Å². The standard InChI is InChI=1S/C22H25N3O/c1-24(2)19-10-11-25(15-19)20-12-18-13-21(8-9-22(18)23-14-20)26-16-17-6-4-3-5-7-17/h3-9,12-14,19H,10-11,15-16H2,1-2H3/t19-/m0/s1. The topological polar surface area (TPSA) is 28.6 Å². The lowest BCUT2D eigenvalue weighted by Gasteiger charge is -2.21. The van der Waals surface area contributed by atoms with Gasteiger partial charge in [-0.05, 0) is 50.3 Å². The Morgan fingerprint density at radius 1 is 1.12 bits per heavy atom. The molecule has 0 saturated carbocycles. The van der Waals surface area contributed by atoms with Crippen molar-refractivity contribution in [3.8, 4) is 5.75 Å². The Morgan fingerprint density at radius 3 is 2.73 bits per heavy atom. The molecule has 0 aliphatic carbocycles. The molecule has 134 valence electrons. The molecule has 0 N–H and O–H groups in total. The maximum absolute atomic E-state index is 5.97. The van der Waals surface area contributed by atoms with E-state index in [1.165, 1.54) is 17.7 Å². The average molecular weight is 347 g/mol. The van der Waals surface area contributed by atoms with E-state index in [-0.39, 0.29) is 0 Å². The van der Waals surface area contributed by atoms with Crippen LogP contribution in [0.25, 0.3) is 10.9 Å². The molecule has 2 heterocycles. The molecule has 1 fully saturated rings. The van der Waals surface area contributed by atoms with E-state index in [0.29, 0.717) is 12.6 Å². The zero-order chi connectivity index (χ0) is 17.9. The smallest absolute Gasteiger partial charge is 0.120 e. The van der Waals surface area contributed by atoms with Crippen LogP contribution in [0.3, 0.4) is 0 Å². The van der Waals surface area contributed by atoms with Gasteiger partial charge in [-0.1, -0.05) is 30.3 Å². The van der Waals surface area contributed by atoms with Crippen LogP contribution in [-0.4, -0.2) is 43.1 Å². The van der Waals surface area contributed by atoms with Gasteiger partial charge < -0.3 is 14.5 Å². The number of nitrogens with zero attached hydrogens (tertiary/aromatic N) is 3. The first kappa shape index (κ1) is 16.9. The largest absolute Gasteiger partial charge is 0.489 e. The van der Waals surface area contributed by atoms with E-state index in [1.54, 1.807) is 0 Å². The highest BCUT2D eigenvalue weighted by Crippen LogP contribution is 2.27. The summed E-state index contributed by atoms with van der Waals surface area (Å²) < 4.78 is 5.97. The Labute approximate surface area is 155 Å². The van der Waals surface area contributed by atoms with Gasteiger partial charge in [0.05, 0.1) is 17.4 Å². The van der Waals surface area contributed by atoms with Crippen molar-refractivity contribution < 1.29 is 4.74 Å². The van der Waals surface area contributed by atoms with Crippen LogP contribution in [0.2, 0.25) is 0 Å². The van der Waals surface area contributed by atoms with Crippen LogP contribution in [-0.2, 0) is 6.61 Å². The summed E-state index contributed by atoms with van der Waals surface area (Å²) in [5.74, 6) is 0.882. The minimum absolute atomic E-state index is 0.579. The predicted molar refractivity (Wildman–Crippen MR) is 107 cm³/mol. The summed E-state index contributed by atoms with van der Waals surface area (Å²) in [6, 6.07) is 19.2. The van der Waals surface area contributed by atoms with E-state index in [9.17, 15) is 0 Å². The normalized spacial score (nSPS) is 17.2. The maximum atomic E-state index is 5.97. The Kier molecular flexibility index (Phi) is 4.76. The zero-order valence-electron chi connectivity index (χ0n) is 15.4. The van der Waals surface area contributed by atoms with E-state index in [1.807, 2.05) is 36.5 Å². The summed E-state index contributed by atoms with van der Waals surface area (Å²) in [7, 11) is 4.31. The number of benzene rings is 2. The van der Waals surface area contributed by atoms with E-state index >= 15 is 0 Å². The highest BCUT2D eigenvalue weighted by atomic mass is 16.5. The first-order valence-corrected chi connectivity index (χ1v) is 9.17. The predicted octanol–water partition coefficient (Wildman–Crippen LogP) is 3.95. The summed E-state index contributed by atoms with van der Waals surface area (Å²) in [6.45, 7) is 2.72. The second-order valence-electron chi connectivity index (χ2n) is 7.17. The number of anilines is 1. The van der Waals surface area contributed by atoms with Crippen molar-refractivity contribution in [3.63, 3.8) is 0 Å². The van der Waals surface area contributed by atoms with Crippen LogP contribution in [0.5, 0.6) is 5.75 Å². The lowest BCUT2D eigenvalue weighted by molar-refractivity contribution is 0.306. The van der Waals surface area contributed by atoms with Crippen molar-refractivity contribution in [1.29, 1.82) is 0 Å². The van der Waals surface area contributed by atoms with Crippen LogP contribution < -0.4 is 9.64 Å². The van der Waals surface area contributed by atoms with E-state index in [4.69, 9.17) is 4.74 Å². The van der Waals surface area contributed by atoms with Crippen molar-refractivity contribution in [2.24, 2.45) is 0 Å². The molecule has 1 aliphatic heterocycles. The van der Waals surface area contributed by atoms with E-state index < -0.39 is 0 Å². The molecule has 4 heteroatoms. The molecule has 1 saturated heterocycles. The minimum Gasteiger partial charge on any atom is -0.489 e. The third-order valence-corrected chi connectivity index (χ3v) is 5.15. The third-order valence-electron chi connectivity index (χ3n) is 5.15. The van der Waals surface area contributed by atoms with Gasteiger partial charge in [-0.2, -0.15) is 0 Å². The fourth-order valence-corrected chi connectivity index (χ4v) is 3.50. The summed E-state index contributed by atoms with van der Waals surface area (Å²) in [5, 5.41) is 1.13. The molecule has 0 unspecified atom stereocenters. The lowest BCUT2D eigenvalue weighted by atomic mass is 10.2. The van der Waals surface area contributed by atoms with E-state index in [0.717, 1.165) is 29.7 Å². The number of hydrogen-bond donors (Lipinski definition) is 0. The Balaban J connectivity index is 1.51. The van der Waals surface area contributed by atoms with Gasteiger partial charge in [0.25, 0.3) is 0 Å². The molecule has 1 aromatic heterocycles. The molecule has 0 amide bonds. The van der Waals surface area contributed by atoms with Gasteiger partial charge in [0.1, 0.15) is 12.4 Å². The fraction of sp³-hybridized carbons (Fsp3) is 0.318. The molecule has 1 atom stereocenters. The van der Waals surface area contributed by atoms with Gasteiger partial charge in [-0.3, -0.25) is 4.98 Å². The summed E-state index contributed by atoms with van der Waals surface area (Å²) >= 11 is 0. The SMILES string of the molecule is CN(C)[C@H]1CCN(c2cnc3ccc(OCc4ccccc4)cc3c2)C1. The highest BCUT2D eigenvalue weighted by molar-refractivity contribution is 5.83. The van der Waals surface area contributed by atoms with Gasteiger partial charge in [-0.25, -0.2) is 0 Å². The number of fused-ring (bicyclic) bond motifs is 1. The number of rotatable bonds is 5. The molecule has 0 bridgehead atoms. The quantitative estimate of drug-likeness (QED) is 0.699. The van der Waals surface area contributed by atoms with Crippen LogP contribution in [0.1, 0.15) is 12.0 Å². The summed E-state index contributed by atoms with van der Waals surface area (Å²) in [6.07, 6.45) is 3.19. The van der Waals surface area contributed by atoms with Crippen molar-refractivity contribution >= 4 is 16.6 Å². The molecule has 0 spiro atoms.